The number of para-hydroxylation sites is 2. The Morgan fingerprint density at radius 2 is 1.91 bits per heavy atom. The molecule has 1 amide bonds. The van der Waals surface area contributed by atoms with Crippen LogP contribution in [0.3, 0.4) is 0 Å². The van der Waals surface area contributed by atoms with Gasteiger partial charge in [-0.05, 0) is 56.3 Å². The van der Waals surface area contributed by atoms with Crippen LogP contribution in [0.5, 0.6) is 0 Å². The van der Waals surface area contributed by atoms with Crippen molar-refractivity contribution in [3.8, 4) is 0 Å². The lowest BCUT2D eigenvalue weighted by molar-refractivity contribution is -0.119. The van der Waals surface area contributed by atoms with E-state index >= 15 is 0 Å². The van der Waals surface area contributed by atoms with E-state index in [0.717, 1.165) is 56.7 Å². The Morgan fingerprint density at radius 1 is 1.09 bits per heavy atom. The molecule has 2 aliphatic rings. The van der Waals surface area contributed by atoms with Crippen LogP contribution in [0.25, 0.3) is 11.1 Å². The number of nitrogens with two attached hydrogens (primary N) is 1. The van der Waals surface area contributed by atoms with Crippen molar-refractivity contribution in [1.82, 2.24) is 10.3 Å². The number of benzene rings is 2. The molecule has 2 aliphatic heterocycles. The molecule has 7 heteroatoms. The van der Waals surface area contributed by atoms with Gasteiger partial charge in [-0.15, -0.1) is 0 Å². The van der Waals surface area contributed by atoms with Crippen molar-refractivity contribution >= 4 is 23.0 Å². The summed E-state index contributed by atoms with van der Waals surface area (Å²) >= 11 is 0. The number of aromatic nitrogens is 1. The third-order valence-corrected chi connectivity index (χ3v) is 5.95. The summed E-state index contributed by atoms with van der Waals surface area (Å²) in [5.74, 6) is -0.308. The fourth-order valence-electron chi connectivity index (χ4n) is 4.23. The van der Waals surface area contributed by atoms with Gasteiger partial charge in [0.15, 0.2) is 5.58 Å². The molecule has 2 atom stereocenters. The summed E-state index contributed by atoms with van der Waals surface area (Å²) in [6.45, 7) is 3.49. The van der Waals surface area contributed by atoms with Crippen LogP contribution in [0, 0.1) is 0 Å². The highest BCUT2D eigenvalue weighted by molar-refractivity contribution is 5.84. The predicted octanol–water partition coefficient (Wildman–Crippen LogP) is 3.63. The molecule has 3 aromatic rings. The summed E-state index contributed by atoms with van der Waals surface area (Å²) in [5.41, 5.74) is 8.24. The SMILES string of the molecule is NC(=O)C1CCCCN1c1nc2ccccc2o1.c1ccc(COCC2CCCN2)cc1. The highest BCUT2D eigenvalue weighted by atomic mass is 16.5. The van der Waals surface area contributed by atoms with Gasteiger partial charge in [-0.1, -0.05) is 42.5 Å². The van der Waals surface area contributed by atoms with E-state index in [2.05, 4.69) is 22.4 Å². The summed E-state index contributed by atoms with van der Waals surface area (Å²) in [6.07, 6.45) is 5.37. The zero-order valence-electron chi connectivity index (χ0n) is 18.4. The monoisotopic (exact) mass is 436 g/mol. The van der Waals surface area contributed by atoms with Crippen LogP contribution in [0.2, 0.25) is 0 Å². The van der Waals surface area contributed by atoms with Gasteiger partial charge in [0.2, 0.25) is 5.91 Å². The van der Waals surface area contributed by atoms with Gasteiger partial charge >= 0.3 is 0 Å². The highest BCUT2D eigenvalue weighted by Crippen LogP contribution is 2.27. The van der Waals surface area contributed by atoms with Crippen LogP contribution >= 0.6 is 0 Å². The third-order valence-electron chi connectivity index (χ3n) is 5.95. The molecule has 1 aromatic heterocycles. The lowest BCUT2D eigenvalue weighted by Gasteiger charge is -2.32. The second kappa shape index (κ2) is 11.1. The maximum absolute atomic E-state index is 11.5. The second-order valence-corrected chi connectivity index (χ2v) is 8.37. The minimum atomic E-state index is -0.308. The summed E-state index contributed by atoms with van der Waals surface area (Å²) in [7, 11) is 0. The van der Waals surface area contributed by atoms with Crippen LogP contribution in [0.4, 0.5) is 6.01 Å². The maximum Gasteiger partial charge on any atom is 0.299 e. The number of rotatable bonds is 6. The largest absolute Gasteiger partial charge is 0.423 e. The normalized spacial score (nSPS) is 20.7. The van der Waals surface area contributed by atoms with Gasteiger partial charge < -0.3 is 25.1 Å². The number of nitrogens with one attached hydrogen (secondary N) is 1. The van der Waals surface area contributed by atoms with E-state index in [9.17, 15) is 4.79 Å². The molecule has 0 aliphatic carbocycles. The van der Waals surface area contributed by atoms with Gasteiger partial charge in [0.05, 0.1) is 13.2 Å². The van der Waals surface area contributed by atoms with Crippen molar-refractivity contribution in [1.29, 1.82) is 0 Å². The molecular formula is C25H32N4O3. The molecule has 2 saturated heterocycles. The minimum absolute atomic E-state index is 0.299. The maximum atomic E-state index is 11.5. The Labute approximate surface area is 188 Å². The first-order valence-electron chi connectivity index (χ1n) is 11.5. The number of ether oxygens (including phenoxy) is 1. The molecule has 0 saturated carbocycles. The summed E-state index contributed by atoms with van der Waals surface area (Å²) in [5, 5.41) is 3.42. The lowest BCUT2D eigenvalue weighted by atomic mass is 10.0. The Kier molecular flexibility index (Phi) is 7.74. The fourth-order valence-corrected chi connectivity index (χ4v) is 4.23. The first-order valence-corrected chi connectivity index (χ1v) is 11.5. The van der Waals surface area contributed by atoms with E-state index in [-0.39, 0.29) is 11.9 Å². The van der Waals surface area contributed by atoms with Crippen molar-refractivity contribution in [2.75, 3.05) is 24.6 Å². The average molecular weight is 437 g/mol. The van der Waals surface area contributed by atoms with E-state index in [1.807, 2.05) is 47.4 Å². The van der Waals surface area contributed by atoms with E-state index in [0.29, 0.717) is 12.1 Å². The highest BCUT2D eigenvalue weighted by Gasteiger charge is 2.30. The number of amides is 1. The number of carbonyl (C=O) groups excluding carboxylic acids is 1. The second-order valence-electron chi connectivity index (χ2n) is 8.37. The third kappa shape index (κ3) is 5.87. The molecular weight excluding hydrogens is 404 g/mol. The Bertz CT molecular complexity index is 952. The van der Waals surface area contributed by atoms with Crippen molar-refractivity contribution in [2.45, 2.75) is 50.8 Å². The smallest absolute Gasteiger partial charge is 0.299 e. The van der Waals surface area contributed by atoms with Gasteiger partial charge in [0.25, 0.3) is 6.01 Å². The Balaban J connectivity index is 0.000000158. The topological polar surface area (TPSA) is 93.6 Å². The van der Waals surface area contributed by atoms with E-state index in [4.69, 9.17) is 14.9 Å². The van der Waals surface area contributed by atoms with Crippen molar-refractivity contribution in [3.05, 3.63) is 60.2 Å². The number of primary amides is 1. The van der Waals surface area contributed by atoms with Gasteiger partial charge in [-0.3, -0.25) is 4.79 Å². The Hall–Kier alpha value is -2.90. The molecule has 0 bridgehead atoms. The first kappa shape index (κ1) is 22.3. The van der Waals surface area contributed by atoms with E-state index in [1.165, 1.54) is 18.4 Å². The van der Waals surface area contributed by atoms with Gasteiger partial charge in [-0.25, -0.2) is 0 Å². The molecule has 7 nitrogen and oxygen atoms in total. The molecule has 3 heterocycles. The Morgan fingerprint density at radius 3 is 2.66 bits per heavy atom. The van der Waals surface area contributed by atoms with Gasteiger partial charge in [-0.2, -0.15) is 4.98 Å². The van der Waals surface area contributed by atoms with Crippen LogP contribution in [-0.2, 0) is 16.1 Å². The predicted molar refractivity (Wildman–Crippen MR) is 125 cm³/mol. The molecule has 170 valence electrons. The summed E-state index contributed by atoms with van der Waals surface area (Å²) in [6, 6.07) is 18.7. The fraction of sp³-hybridized carbons (Fsp3) is 0.440. The average Bonchev–Trinajstić information content (AvgIpc) is 3.50. The molecule has 2 unspecified atom stereocenters. The quantitative estimate of drug-likeness (QED) is 0.613. The molecule has 3 N–H and O–H groups in total. The van der Waals surface area contributed by atoms with Gasteiger partial charge in [0.1, 0.15) is 11.6 Å². The van der Waals surface area contributed by atoms with Crippen molar-refractivity contribution in [2.24, 2.45) is 5.73 Å². The summed E-state index contributed by atoms with van der Waals surface area (Å²) in [4.78, 5) is 17.8. The van der Waals surface area contributed by atoms with Crippen LogP contribution in [0.1, 0.15) is 37.7 Å². The number of nitrogens with zero attached hydrogens (tertiary/aromatic N) is 2. The van der Waals surface area contributed by atoms with Crippen LogP contribution in [0.15, 0.2) is 59.0 Å². The van der Waals surface area contributed by atoms with E-state index in [1.54, 1.807) is 0 Å². The minimum Gasteiger partial charge on any atom is -0.423 e. The number of fused-ring (bicyclic) bond motifs is 1. The number of piperidine rings is 1. The number of carbonyl (C=O) groups is 1. The molecule has 2 fully saturated rings. The number of anilines is 1. The lowest BCUT2D eigenvalue weighted by Crippen LogP contribution is -2.48. The number of hydrogen-bond acceptors (Lipinski definition) is 6. The first-order chi connectivity index (χ1) is 15.7. The van der Waals surface area contributed by atoms with Crippen molar-refractivity contribution in [3.63, 3.8) is 0 Å². The zero-order chi connectivity index (χ0) is 22.2. The standard InChI is InChI=1S/C13H15N3O2.C12H17NO/c14-12(17)10-6-3-4-8-16(10)13-15-9-5-1-2-7-11(9)18-13;1-2-5-11(6-3-1)9-14-10-12-7-4-8-13-12/h1-2,5,7,10H,3-4,6,8H2,(H2,14,17);1-3,5-6,12-13H,4,7-10H2. The number of hydrogen-bond donors (Lipinski definition) is 2. The van der Waals surface area contributed by atoms with Gasteiger partial charge in [0, 0.05) is 12.6 Å². The molecule has 32 heavy (non-hydrogen) atoms. The zero-order valence-corrected chi connectivity index (χ0v) is 18.4. The van der Waals surface area contributed by atoms with Crippen LogP contribution < -0.4 is 16.0 Å². The number of oxazole rings is 1. The van der Waals surface area contributed by atoms with Crippen molar-refractivity contribution < 1.29 is 13.9 Å². The molecule has 2 aromatic carbocycles. The molecule has 0 spiro atoms. The van der Waals surface area contributed by atoms with Crippen LogP contribution in [-0.4, -0.2) is 42.7 Å². The van der Waals surface area contributed by atoms with E-state index < -0.39 is 0 Å². The molecule has 0 radical (unpaired) electrons. The molecule has 5 rings (SSSR count). The summed E-state index contributed by atoms with van der Waals surface area (Å²) < 4.78 is 11.3.